The van der Waals surface area contributed by atoms with Crippen molar-refractivity contribution in [2.45, 2.75) is 33.2 Å². The van der Waals surface area contributed by atoms with Crippen molar-refractivity contribution in [1.82, 2.24) is 9.78 Å². The standard InChI is InChI=1S/C12H16ClN3S/c1-4-9-5-6-10(17-9)8(3)16-12(14)11(13)7(2)15-16/h5-6,8H,4,14H2,1-3H3. The van der Waals surface area contributed by atoms with Crippen molar-refractivity contribution in [3.63, 3.8) is 0 Å². The monoisotopic (exact) mass is 269 g/mol. The van der Waals surface area contributed by atoms with E-state index < -0.39 is 0 Å². The fourth-order valence-corrected chi connectivity index (χ4v) is 2.88. The van der Waals surface area contributed by atoms with Crippen LogP contribution in [0.1, 0.15) is 35.3 Å². The van der Waals surface area contributed by atoms with Gasteiger partial charge in [-0.05, 0) is 32.4 Å². The van der Waals surface area contributed by atoms with Gasteiger partial charge in [0.1, 0.15) is 10.8 Å². The zero-order chi connectivity index (χ0) is 12.6. The first kappa shape index (κ1) is 12.5. The number of hydrogen-bond acceptors (Lipinski definition) is 3. The Hall–Kier alpha value is -1.000. The Balaban J connectivity index is 2.36. The number of nitrogens with two attached hydrogens (primary N) is 1. The van der Waals surface area contributed by atoms with Crippen LogP contribution in [0.25, 0.3) is 0 Å². The van der Waals surface area contributed by atoms with Crippen molar-refractivity contribution in [2.24, 2.45) is 0 Å². The van der Waals surface area contributed by atoms with Gasteiger partial charge in [0.2, 0.25) is 0 Å². The molecule has 0 bridgehead atoms. The third-order valence-corrected chi connectivity index (χ3v) is 4.72. The van der Waals surface area contributed by atoms with E-state index >= 15 is 0 Å². The van der Waals surface area contributed by atoms with Crippen LogP contribution in [0.4, 0.5) is 5.82 Å². The summed E-state index contributed by atoms with van der Waals surface area (Å²) in [6.45, 7) is 6.11. The average Bonchev–Trinajstić information content (AvgIpc) is 2.89. The molecule has 2 heterocycles. The summed E-state index contributed by atoms with van der Waals surface area (Å²) in [5, 5.41) is 4.95. The van der Waals surface area contributed by atoms with E-state index in [0.717, 1.165) is 12.1 Å². The molecule has 0 fully saturated rings. The van der Waals surface area contributed by atoms with Gasteiger partial charge in [-0.3, -0.25) is 0 Å². The highest BCUT2D eigenvalue weighted by Crippen LogP contribution is 2.31. The number of thiophene rings is 1. The topological polar surface area (TPSA) is 43.8 Å². The number of nitrogen functional groups attached to an aromatic ring is 1. The number of halogens is 1. The normalized spacial score (nSPS) is 12.9. The molecule has 2 N–H and O–H groups in total. The number of anilines is 1. The molecule has 0 saturated heterocycles. The maximum Gasteiger partial charge on any atom is 0.141 e. The first-order chi connectivity index (χ1) is 8.04. The van der Waals surface area contributed by atoms with E-state index in [1.165, 1.54) is 9.75 Å². The lowest BCUT2D eigenvalue weighted by atomic mass is 10.2. The van der Waals surface area contributed by atoms with Crippen LogP contribution in [0.2, 0.25) is 5.02 Å². The highest BCUT2D eigenvalue weighted by molar-refractivity contribution is 7.12. The van der Waals surface area contributed by atoms with Crippen LogP contribution in [0.15, 0.2) is 12.1 Å². The van der Waals surface area contributed by atoms with Gasteiger partial charge >= 0.3 is 0 Å². The van der Waals surface area contributed by atoms with E-state index in [0.29, 0.717) is 10.8 Å². The van der Waals surface area contributed by atoms with Gasteiger partial charge in [0, 0.05) is 9.75 Å². The molecule has 0 spiro atoms. The summed E-state index contributed by atoms with van der Waals surface area (Å²) in [6.07, 6.45) is 1.06. The number of nitrogens with zero attached hydrogens (tertiary/aromatic N) is 2. The maximum atomic E-state index is 6.06. The van der Waals surface area contributed by atoms with Gasteiger partial charge in [0.25, 0.3) is 0 Å². The highest BCUT2D eigenvalue weighted by atomic mass is 35.5. The van der Waals surface area contributed by atoms with Crippen LogP contribution < -0.4 is 5.73 Å². The molecule has 92 valence electrons. The van der Waals surface area contributed by atoms with Crippen molar-refractivity contribution < 1.29 is 0 Å². The van der Waals surface area contributed by atoms with E-state index in [-0.39, 0.29) is 6.04 Å². The number of hydrogen-bond donors (Lipinski definition) is 1. The molecule has 1 atom stereocenters. The summed E-state index contributed by atoms with van der Waals surface area (Å²) >= 11 is 7.86. The van der Waals surface area contributed by atoms with Crippen molar-refractivity contribution >= 4 is 28.8 Å². The Bertz CT molecular complexity index is 530. The fourth-order valence-electron chi connectivity index (χ4n) is 1.77. The fraction of sp³-hybridized carbons (Fsp3) is 0.417. The minimum Gasteiger partial charge on any atom is -0.383 e. The van der Waals surface area contributed by atoms with E-state index in [1.807, 2.05) is 6.92 Å². The van der Waals surface area contributed by atoms with Crippen LogP contribution in [-0.2, 0) is 6.42 Å². The Morgan fingerprint density at radius 1 is 1.53 bits per heavy atom. The molecule has 2 aromatic heterocycles. The summed E-state index contributed by atoms with van der Waals surface area (Å²) < 4.78 is 1.79. The van der Waals surface area contributed by atoms with Crippen LogP contribution >= 0.6 is 22.9 Å². The molecule has 0 aromatic carbocycles. The maximum absolute atomic E-state index is 6.06. The summed E-state index contributed by atoms with van der Waals surface area (Å²) in [6, 6.07) is 4.43. The third-order valence-electron chi connectivity index (χ3n) is 2.86. The number of rotatable bonds is 3. The first-order valence-electron chi connectivity index (χ1n) is 5.63. The molecule has 1 unspecified atom stereocenters. The van der Waals surface area contributed by atoms with Gasteiger partial charge in [-0.2, -0.15) is 5.10 Å². The Morgan fingerprint density at radius 3 is 2.71 bits per heavy atom. The molecule has 0 aliphatic rings. The quantitative estimate of drug-likeness (QED) is 0.924. The molecule has 2 aromatic rings. The Kier molecular flexibility index (Phi) is 3.45. The summed E-state index contributed by atoms with van der Waals surface area (Å²) in [5.74, 6) is 0.545. The van der Waals surface area contributed by atoms with Crippen LogP contribution in [0, 0.1) is 6.92 Å². The Labute approximate surface area is 110 Å². The second kappa shape index (κ2) is 4.70. The van der Waals surface area contributed by atoms with Gasteiger partial charge in [0.05, 0.1) is 11.7 Å². The molecule has 0 saturated carbocycles. The van der Waals surface area contributed by atoms with Crippen molar-refractivity contribution in [3.05, 3.63) is 32.6 Å². The largest absolute Gasteiger partial charge is 0.383 e. The molecule has 17 heavy (non-hydrogen) atoms. The van der Waals surface area contributed by atoms with E-state index in [9.17, 15) is 0 Å². The average molecular weight is 270 g/mol. The molecule has 5 heteroatoms. The highest BCUT2D eigenvalue weighted by Gasteiger charge is 2.17. The predicted molar refractivity (Wildman–Crippen MR) is 73.9 cm³/mol. The molecule has 0 aliphatic carbocycles. The van der Waals surface area contributed by atoms with E-state index in [2.05, 4.69) is 31.1 Å². The van der Waals surface area contributed by atoms with Crippen molar-refractivity contribution in [1.29, 1.82) is 0 Å². The molecule has 0 amide bonds. The van der Waals surface area contributed by atoms with Gasteiger partial charge in [-0.15, -0.1) is 11.3 Å². The molecular weight excluding hydrogens is 254 g/mol. The lowest BCUT2D eigenvalue weighted by Gasteiger charge is -2.11. The summed E-state index contributed by atoms with van der Waals surface area (Å²) in [7, 11) is 0. The van der Waals surface area contributed by atoms with Crippen LogP contribution in [-0.4, -0.2) is 9.78 Å². The Morgan fingerprint density at radius 2 is 2.24 bits per heavy atom. The SMILES string of the molecule is CCc1ccc(C(C)n2nc(C)c(Cl)c2N)s1. The lowest BCUT2D eigenvalue weighted by molar-refractivity contribution is 0.577. The van der Waals surface area contributed by atoms with Gasteiger partial charge in [-0.25, -0.2) is 4.68 Å². The van der Waals surface area contributed by atoms with Crippen molar-refractivity contribution in [3.8, 4) is 0 Å². The second-order valence-electron chi connectivity index (χ2n) is 4.06. The molecule has 2 rings (SSSR count). The zero-order valence-electron chi connectivity index (χ0n) is 10.2. The second-order valence-corrected chi connectivity index (χ2v) is 5.64. The number of aryl methyl sites for hydroxylation is 2. The number of aromatic nitrogens is 2. The lowest BCUT2D eigenvalue weighted by Crippen LogP contribution is -2.10. The predicted octanol–water partition coefficient (Wildman–Crippen LogP) is 3.66. The first-order valence-corrected chi connectivity index (χ1v) is 6.82. The van der Waals surface area contributed by atoms with E-state index in [4.69, 9.17) is 17.3 Å². The minimum absolute atomic E-state index is 0.131. The van der Waals surface area contributed by atoms with Gasteiger partial charge in [0.15, 0.2) is 0 Å². The van der Waals surface area contributed by atoms with Gasteiger partial charge in [-0.1, -0.05) is 18.5 Å². The molecule has 3 nitrogen and oxygen atoms in total. The van der Waals surface area contributed by atoms with Crippen LogP contribution in [0.5, 0.6) is 0 Å². The molecular formula is C12H16ClN3S. The van der Waals surface area contributed by atoms with E-state index in [1.54, 1.807) is 16.0 Å². The molecule has 0 radical (unpaired) electrons. The van der Waals surface area contributed by atoms with Crippen LogP contribution in [0.3, 0.4) is 0 Å². The van der Waals surface area contributed by atoms with Gasteiger partial charge < -0.3 is 5.73 Å². The smallest absolute Gasteiger partial charge is 0.141 e. The summed E-state index contributed by atoms with van der Waals surface area (Å²) in [4.78, 5) is 2.63. The van der Waals surface area contributed by atoms with Crippen molar-refractivity contribution in [2.75, 3.05) is 5.73 Å². The summed E-state index contributed by atoms with van der Waals surface area (Å²) in [5.41, 5.74) is 6.73. The molecule has 0 aliphatic heterocycles. The minimum atomic E-state index is 0.131. The zero-order valence-corrected chi connectivity index (χ0v) is 11.8. The third kappa shape index (κ3) is 2.19.